The van der Waals surface area contributed by atoms with Gasteiger partial charge >= 0.3 is 6.09 Å². The molecule has 1 aliphatic rings. The highest BCUT2D eigenvalue weighted by atomic mass is 16.6. The number of hydrogen-bond acceptors (Lipinski definition) is 6. The van der Waals surface area contributed by atoms with Crippen molar-refractivity contribution in [2.75, 3.05) is 18.9 Å². The first-order valence-corrected chi connectivity index (χ1v) is 6.12. The fourth-order valence-electron chi connectivity index (χ4n) is 2.01. The largest absolute Gasteiger partial charge is 0.444 e. The maximum atomic E-state index is 11.9. The highest BCUT2D eigenvalue weighted by Crippen LogP contribution is 2.34. The van der Waals surface area contributed by atoms with Gasteiger partial charge in [-0.15, -0.1) is 0 Å². The number of hydrogen-bond donors (Lipinski definition) is 2. The Hall–Kier alpha value is -1.76. The maximum absolute atomic E-state index is 11.9. The van der Waals surface area contributed by atoms with Gasteiger partial charge in [0.25, 0.3) is 0 Å². The molecule has 2 rings (SSSR count). The molecule has 106 valence electrons. The zero-order valence-corrected chi connectivity index (χ0v) is 11.4. The number of amides is 1. The number of rotatable bonds is 2. The molecule has 7 heteroatoms. The van der Waals surface area contributed by atoms with Gasteiger partial charge in [0, 0.05) is 13.0 Å². The summed E-state index contributed by atoms with van der Waals surface area (Å²) in [5.41, 5.74) is 4.82. The predicted octanol–water partition coefficient (Wildman–Crippen LogP) is 1.40. The van der Waals surface area contributed by atoms with Gasteiger partial charge in [-0.1, -0.05) is 5.16 Å². The second-order valence-corrected chi connectivity index (χ2v) is 5.62. The summed E-state index contributed by atoms with van der Waals surface area (Å²) >= 11 is 0. The fourth-order valence-corrected chi connectivity index (χ4v) is 2.01. The van der Waals surface area contributed by atoms with Crippen molar-refractivity contribution in [3.63, 3.8) is 0 Å². The molecule has 1 unspecified atom stereocenters. The average molecular weight is 269 g/mol. The van der Waals surface area contributed by atoms with Crippen LogP contribution in [0.2, 0.25) is 0 Å². The summed E-state index contributed by atoms with van der Waals surface area (Å²) in [6, 6.07) is 0. The summed E-state index contributed by atoms with van der Waals surface area (Å²) in [6.07, 6.45) is 1.44. The van der Waals surface area contributed by atoms with Crippen LogP contribution in [0.5, 0.6) is 0 Å². The molecule has 19 heavy (non-hydrogen) atoms. The number of nitrogen functional groups attached to an aromatic ring is 1. The van der Waals surface area contributed by atoms with Crippen LogP contribution in [0.25, 0.3) is 0 Å². The molecule has 0 radical (unpaired) electrons. The lowest BCUT2D eigenvalue weighted by Crippen LogP contribution is -2.48. The van der Waals surface area contributed by atoms with Gasteiger partial charge in [0.2, 0.25) is 0 Å². The van der Waals surface area contributed by atoms with Gasteiger partial charge in [-0.3, -0.25) is 0 Å². The standard InChI is InChI=1S/C12H19N3O4/c1-11(2,3)18-10(16)15-12(4-5-17-7-12)9-8(13)6-14-19-9/h6H,4-5,7,13H2,1-3H3,(H,15,16). The van der Waals surface area contributed by atoms with Crippen molar-refractivity contribution in [3.8, 4) is 0 Å². The molecular formula is C12H19N3O4. The van der Waals surface area contributed by atoms with Gasteiger partial charge in [0.1, 0.15) is 11.1 Å². The number of alkyl carbamates (subject to hydrolysis) is 1. The molecule has 1 fully saturated rings. The lowest BCUT2D eigenvalue weighted by Gasteiger charge is -2.28. The average Bonchev–Trinajstić information content (AvgIpc) is 2.84. The van der Waals surface area contributed by atoms with Crippen LogP contribution >= 0.6 is 0 Å². The number of carbonyl (C=O) groups is 1. The van der Waals surface area contributed by atoms with Gasteiger partial charge in [-0.05, 0) is 20.8 Å². The normalized spacial score (nSPS) is 23.3. The smallest absolute Gasteiger partial charge is 0.408 e. The Kier molecular flexibility index (Phi) is 3.40. The zero-order chi connectivity index (χ0) is 14.1. The van der Waals surface area contributed by atoms with Crippen molar-refractivity contribution in [1.82, 2.24) is 10.5 Å². The lowest BCUT2D eigenvalue weighted by molar-refractivity contribution is 0.0414. The number of nitrogens with one attached hydrogen (secondary N) is 1. The summed E-state index contributed by atoms with van der Waals surface area (Å²) in [5, 5.41) is 6.44. The molecule has 0 bridgehead atoms. The zero-order valence-electron chi connectivity index (χ0n) is 11.4. The van der Waals surface area contributed by atoms with E-state index in [9.17, 15) is 4.79 Å². The van der Waals surface area contributed by atoms with E-state index in [1.807, 2.05) is 0 Å². The number of ether oxygens (including phenoxy) is 2. The van der Waals surface area contributed by atoms with E-state index in [0.717, 1.165) is 0 Å². The summed E-state index contributed by atoms with van der Waals surface area (Å²) in [6.45, 7) is 6.19. The minimum absolute atomic E-state index is 0.283. The highest BCUT2D eigenvalue weighted by molar-refractivity contribution is 5.69. The number of carbonyl (C=O) groups excluding carboxylic acids is 1. The Morgan fingerprint density at radius 2 is 2.32 bits per heavy atom. The van der Waals surface area contributed by atoms with Crippen LogP contribution in [0.4, 0.5) is 10.5 Å². The fraction of sp³-hybridized carbons (Fsp3) is 0.667. The first-order chi connectivity index (χ1) is 8.82. The maximum Gasteiger partial charge on any atom is 0.408 e. The van der Waals surface area contributed by atoms with E-state index in [1.165, 1.54) is 6.20 Å². The third kappa shape index (κ3) is 2.98. The molecule has 0 aromatic carbocycles. The summed E-state index contributed by atoms with van der Waals surface area (Å²) in [4.78, 5) is 11.9. The lowest BCUT2D eigenvalue weighted by atomic mass is 9.94. The van der Waals surface area contributed by atoms with Gasteiger partial charge in [-0.25, -0.2) is 4.79 Å². The molecule has 7 nitrogen and oxygen atoms in total. The Labute approximate surface area is 111 Å². The third-order valence-electron chi connectivity index (χ3n) is 2.79. The Balaban J connectivity index is 2.18. The number of aromatic nitrogens is 1. The van der Waals surface area contributed by atoms with Crippen molar-refractivity contribution in [2.24, 2.45) is 0 Å². The first-order valence-electron chi connectivity index (χ1n) is 6.12. The van der Waals surface area contributed by atoms with E-state index in [1.54, 1.807) is 20.8 Å². The van der Waals surface area contributed by atoms with Crippen molar-refractivity contribution >= 4 is 11.8 Å². The molecule has 2 heterocycles. The topological polar surface area (TPSA) is 99.6 Å². The Morgan fingerprint density at radius 3 is 2.79 bits per heavy atom. The van der Waals surface area contributed by atoms with E-state index >= 15 is 0 Å². The van der Waals surface area contributed by atoms with E-state index in [2.05, 4.69) is 10.5 Å². The highest BCUT2D eigenvalue weighted by Gasteiger charge is 2.44. The molecule has 3 N–H and O–H groups in total. The van der Waals surface area contributed by atoms with Crippen LogP contribution in [0.3, 0.4) is 0 Å². The van der Waals surface area contributed by atoms with Crippen LogP contribution in [0.15, 0.2) is 10.7 Å². The van der Waals surface area contributed by atoms with Gasteiger partial charge in [0.15, 0.2) is 5.76 Å². The Morgan fingerprint density at radius 1 is 1.58 bits per heavy atom. The number of nitrogens with two attached hydrogens (primary N) is 1. The van der Waals surface area contributed by atoms with Crippen LogP contribution in [0.1, 0.15) is 33.0 Å². The van der Waals surface area contributed by atoms with E-state index in [0.29, 0.717) is 24.5 Å². The van der Waals surface area contributed by atoms with Crippen LogP contribution in [-0.2, 0) is 15.0 Å². The molecular weight excluding hydrogens is 250 g/mol. The van der Waals surface area contributed by atoms with Crippen molar-refractivity contribution < 1.29 is 18.8 Å². The van der Waals surface area contributed by atoms with Gasteiger partial charge in [-0.2, -0.15) is 0 Å². The molecule has 1 aromatic heterocycles. The molecule has 1 amide bonds. The number of nitrogens with zero attached hydrogens (tertiary/aromatic N) is 1. The molecule has 0 spiro atoms. The van der Waals surface area contributed by atoms with Crippen molar-refractivity contribution in [2.45, 2.75) is 38.3 Å². The molecule has 0 saturated carbocycles. The van der Waals surface area contributed by atoms with Crippen molar-refractivity contribution in [3.05, 3.63) is 12.0 Å². The monoisotopic (exact) mass is 269 g/mol. The summed E-state index contributed by atoms with van der Waals surface area (Å²) in [7, 11) is 0. The third-order valence-corrected chi connectivity index (χ3v) is 2.79. The molecule has 1 aromatic rings. The van der Waals surface area contributed by atoms with E-state index in [4.69, 9.17) is 19.7 Å². The van der Waals surface area contributed by atoms with Gasteiger partial charge in [0.05, 0.1) is 18.5 Å². The second kappa shape index (κ2) is 4.73. The van der Waals surface area contributed by atoms with Crippen LogP contribution < -0.4 is 11.1 Å². The first kappa shape index (κ1) is 13.7. The van der Waals surface area contributed by atoms with E-state index < -0.39 is 17.2 Å². The van der Waals surface area contributed by atoms with Crippen LogP contribution in [0, 0.1) is 0 Å². The molecule has 0 aliphatic carbocycles. The summed E-state index contributed by atoms with van der Waals surface area (Å²) < 4.78 is 15.8. The predicted molar refractivity (Wildman–Crippen MR) is 67.4 cm³/mol. The number of anilines is 1. The molecule has 1 atom stereocenters. The summed E-state index contributed by atoms with van der Waals surface area (Å²) in [5.74, 6) is 0.413. The molecule has 1 saturated heterocycles. The van der Waals surface area contributed by atoms with Gasteiger partial charge < -0.3 is 25.0 Å². The minimum Gasteiger partial charge on any atom is -0.444 e. The van der Waals surface area contributed by atoms with Crippen molar-refractivity contribution in [1.29, 1.82) is 0 Å². The van der Waals surface area contributed by atoms with E-state index in [-0.39, 0.29) is 6.61 Å². The second-order valence-electron chi connectivity index (χ2n) is 5.62. The SMILES string of the molecule is CC(C)(C)OC(=O)NC1(c2oncc2N)CCOC1. The quantitative estimate of drug-likeness (QED) is 0.841. The molecule has 1 aliphatic heterocycles. The Bertz CT molecular complexity index is 458. The minimum atomic E-state index is -0.803. The van der Waals surface area contributed by atoms with Crippen LogP contribution in [-0.4, -0.2) is 30.1 Å².